The highest BCUT2D eigenvalue weighted by atomic mass is 19.4. The Morgan fingerprint density at radius 3 is 2.69 bits per heavy atom. The van der Waals surface area contributed by atoms with Crippen LogP contribution in [-0.2, 0) is 0 Å². The normalized spacial score (nSPS) is 17.9. The molecule has 2 aromatic rings. The number of hydrogen-bond acceptors (Lipinski definition) is 6. The van der Waals surface area contributed by atoms with Crippen molar-refractivity contribution in [1.82, 2.24) is 25.1 Å². The number of halogens is 3. The molecule has 0 amide bonds. The van der Waals surface area contributed by atoms with E-state index >= 15 is 0 Å². The molecule has 26 heavy (non-hydrogen) atoms. The largest absolute Gasteiger partial charge is 0.473 e. The number of aromatic nitrogens is 4. The lowest BCUT2D eigenvalue weighted by Crippen LogP contribution is -2.35. The number of ether oxygens (including phenoxy) is 1. The summed E-state index contributed by atoms with van der Waals surface area (Å²) < 4.78 is 44.1. The second-order valence-electron chi connectivity index (χ2n) is 6.46. The van der Waals surface area contributed by atoms with Gasteiger partial charge in [-0.15, -0.1) is 0 Å². The minimum atomic E-state index is -4.33. The molecule has 0 aromatic carbocycles. The number of aromatic amines is 1. The Hall–Kier alpha value is -2.36. The second-order valence-corrected chi connectivity index (χ2v) is 6.46. The zero-order chi connectivity index (χ0) is 18.7. The van der Waals surface area contributed by atoms with Crippen LogP contribution in [0, 0.1) is 0 Å². The fraction of sp³-hybridized carbons (Fsp3) is 0.562. The predicted octanol–water partition coefficient (Wildman–Crippen LogP) is 3.08. The fourth-order valence-corrected chi connectivity index (χ4v) is 2.67. The van der Waals surface area contributed by atoms with E-state index in [4.69, 9.17) is 4.74 Å². The molecular weight excluding hydrogens is 349 g/mol. The van der Waals surface area contributed by atoms with Crippen LogP contribution in [0.4, 0.5) is 24.8 Å². The van der Waals surface area contributed by atoms with Crippen LogP contribution in [0.15, 0.2) is 18.5 Å². The lowest BCUT2D eigenvalue weighted by molar-refractivity contribution is -0.147. The van der Waals surface area contributed by atoms with E-state index in [1.165, 1.54) is 18.5 Å². The van der Waals surface area contributed by atoms with Crippen LogP contribution < -0.4 is 10.1 Å². The third-order valence-electron chi connectivity index (χ3n) is 4.38. The summed E-state index contributed by atoms with van der Waals surface area (Å²) in [6, 6.07) is 1.31. The van der Waals surface area contributed by atoms with Crippen molar-refractivity contribution in [3.8, 4) is 5.88 Å². The van der Waals surface area contributed by atoms with Crippen molar-refractivity contribution in [1.29, 1.82) is 0 Å². The first-order valence-corrected chi connectivity index (χ1v) is 8.37. The Bertz CT molecular complexity index is 727. The Morgan fingerprint density at radius 2 is 2.00 bits per heavy atom. The van der Waals surface area contributed by atoms with Crippen LogP contribution >= 0.6 is 0 Å². The van der Waals surface area contributed by atoms with E-state index in [0.717, 1.165) is 32.9 Å². The molecule has 0 unspecified atom stereocenters. The molecule has 1 aliphatic heterocycles. The number of rotatable bonds is 5. The van der Waals surface area contributed by atoms with E-state index in [1.54, 1.807) is 0 Å². The molecule has 0 spiro atoms. The van der Waals surface area contributed by atoms with Crippen molar-refractivity contribution in [2.75, 3.05) is 25.5 Å². The summed E-state index contributed by atoms with van der Waals surface area (Å²) in [7, 11) is 2.07. The number of piperidine rings is 1. The van der Waals surface area contributed by atoms with Gasteiger partial charge in [0.15, 0.2) is 11.6 Å². The number of nitrogens with one attached hydrogen (secondary N) is 2. The number of nitrogens with zero attached hydrogens (tertiary/aromatic N) is 4. The standard InChI is InChI=1S/C16H21F3N6O/c1-10(16(17,18)19)12-7-13(24-23-12)21-14-8-20-9-15(22-14)26-11-3-5-25(2)6-4-11/h7-11H,3-6H2,1-2H3,(H2,21,22,23,24)/t10-/m0/s1. The number of anilines is 2. The van der Waals surface area contributed by atoms with Crippen LogP contribution in [0.3, 0.4) is 0 Å². The van der Waals surface area contributed by atoms with Crippen molar-refractivity contribution in [3.05, 3.63) is 24.2 Å². The molecule has 3 heterocycles. The first kappa shape index (κ1) is 18.4. The molecule has 10 heteroatoms. The summed E-state index contributed by atoms with van der Waals surface area (Å²) in [5.41, 5.74) is -0.0216. The molecule has 1 saturated heterocycles. The van der Waals surface area contributed by atoms with E-state index in [0.29, 0.717) is 11.7 Å². The summed E-state index contributed by atoms with van der Waals surface area (Å²) in [5, 5.41) is 9.09. The molecule has 0 radical (unpaired) electrons. The summed E-state index contributed by atoms with van der Waals surface area (Å²) in [4.78, 5) is 10.6. The van der Waals surface area contributed by atoms with Gasteiger partial charge in [0.25, 0.3) is 0 Å². The molecule has 2 aromatic heterocycles. The molecule has 7 nitrogen and oxygen atoms in total. The van der Waals surface area contributed by atoms with Crippen molar-refractivity contribution in [2.24, 2.45) is 0 Å². The van der Waals surface area contributed by atoms with E-state index in [9.17, 15) is 13.2 Å². The van der Waals surface area contributed by atoms with Gasteiger partial charge in [0.2, 0.25) is 5.88 Å². The molecule has 1 aliphatic rings. The topological polar surface area (TPSA) is 79.0 Å². The maximum atomic E-state index is 12.8. The summed E-state index contributed by atoms with van der Waals surface area (Å²) >= 11 is 0. The number of alkyl halides is 3. The van der Waals surface area contributed by atoms with Crippen molar-refractivity contribution in [2.45, 2.75) is 38.0 Å². The third-order valence-corrected chi connectivity index (χ3v) is 4.38. The minimum Gasteiger partial charge on any atom is -0.473 e. The van der Waals surface area contributed by atoms with Crippen LogP contribution in [0.25, 0.3) is 0 Å². The highest BCUT2D eigenvalue weighted by Crippen LogP contribution is 2.34. The summed E-state index contributed by atoms with van der Waals surface area (Å²) in [5.74, 6) is -0.658. The molecule has 2 N–H and O–H groups in total. The highest BCUT2D eigenvalue weighted by Gasteiger charge is 2.38. The van der Waals surface area contributed by atoms with E-state index < -0.39 is 12.1 Å². The molecule has 0 bridgehead atoms. The molecule has 0 saturated carbocycles. The lowest BCUT2D eigenvalue weighted by atomic mass is 10.1. The summed E-state index contributed by atoms with van der Waals surface area (Å²) in [6.45, 7) is 3.00. The molecule has 3 rings (SSSR count). The number of H-pyrrole nitrogens is 1. The molecule has 1 atom stereocenters. The maximum Gasteiger partial charge on any atom is 0.396 e. The van der Waals surface area contributed by atoms with Gasteiger partial charge in [0, 0.05) is 24.8 Å². The molecular formula is C16H21F3N6O. The molecule has 0 aliphatic carbocycles. The zero-order valence-electron chi connectivity index (χ0n) is 14.5. The quantitative estimate of drug-likeness (QED) is 0.842. The second kappa shape index (κ2) is 7.48. The average molecular weight is 370 g/mol. The Balaban J connectivity index is 1.63. The van der Waals surface area contributed by atoms with E-state index in [2.05, 4.69) is 37.4 Å². The SMILES string of the molecule is C[C@@H](c1cc(Nc2cncc(OC3CCN(C)CC3)n2)n[nH]1)C(F)(F)F. The van der Waals surface area contributed by atoms with Crippen LogP contribution in [0.1, 0.15) is 31.4 Å². The van der Waals surface area contributed by atoms with Gasteiger partial charge in [0.05, 0.1) is 18.3 Å². The summed E-state index contributed by atoms with van der Waals surface area (Å²) in [6.07, 6.45) is 0.557. The molecule has 142 valence electrons. The van der Waals surface area contributed by atoms with E-state index in [-0.39, 0.29) is 17.6 Å². The van der Waals surface area contributed by atoms with Gasteiger partial charge in [-0.3, -0.25) is 10.1 Å². The van der Waals surface area contributed by atoms with Gasteiger partial charge >= 0.3 is 6.18 Å². The predicted molar refractivity (Wildman–Crippen MR) is 89.5 cm³/mol. The van der Waals surface area contributed by atoms with Crippen LogP contribution in [-0.4, -0.2) is 57.5 Å². The van der Waals surface area contributed by atoms with Crippen LogP contribution in [0.2, 0.25) is 0 Å². The third kappa shape index (κ3) is 4.63. The smallest absolute Gasteiger partial charge is 0.396 e. The minimum absolute atomic E-state index is 0.0216. The molecule has 1 fully saturated rings. The van der Waals surface area contributed by atoms with Gasteiger partial charge < -0.3 is 15.0 Å². The number of likely N-dealkylation sites (tertiary alicyclic amines) is 1. The Kier molecular flexibility index (Phi) is 5.30. The first-order valence-electron chi connectivity index (χ1n) is 8.37. The van der Waals surface area contributed by atoms with Crippen molar-refractivity contribution < 1.29 is 17.9 Å². The van der Waals surface area contributed by atoms with Gasteiger partial charge in [-0.2, -0.15) is 23.3 Å². The highest BCUT2D eigenvalue weighted by molar-refractivity contribution is 5.51. The van der Waals surface area contributed by atoms with Gasteiger partial charge in [-0.1, -0.05) is 0 Å². The Labute approximate surface area is 149 Å². The number of hydrogen-bond donors (Lipinski definition) is 2. The van der Waals surface area contributed by atoms with Crippen molar-refractivity contribution >= 4 is 11.6 Å². The lowest BCUT2D eigenvalue weighted by Gasteiger charge is -2.28. The zero-order valence-corrected chi connectivity index (χ0v) is 14.5. The monoisotopic (exact) mass is 370 g/mol. The van der Waals surface area contributed by atoms with Crippen molar-refractivity contribution in [3.63, 3.8) is 0 Å². The fourth-order valence-electron chi connectivity index (χ4n) is 2.67. The van der Waals surface area contributed by atoms with Gasteiger partial charge in [0.1, 0.15) is 6.10 Å². The Morgan fingerprint density at radius 1 is 1.27 bits per heavy atom. The average Bonchev–Trinajstić information content (AvgIpc) is 3.04. The first-order chi connectivity index (χ1) is 12.3. The van der Waals surface area contributed by atoms with Crippen LogP contribution in [0.5, 0.6) is 5.88 Å². The van der Waals surface area contributed by atoms with E-state index in [1.807, 2.05) is 0 Å². The maximum absolute atomic E-state index is 12.8. The van der Waals surface area contributed by atoms with Gasteiger partial charge in [-0.05, 0) is 26.8 Å². The van der Waals surface area contributed by atoms with Gasteiger partial charge in [-0.25, -0.2) is 0 Å².